The summed E-state index contributed by atoms with van der Waals surface area (Å²) in [6.07, 6.45) is -0.829. The molecule has 0 bridgehead atoms. The summed E-state index contributed by atoms with van der Waals surface area (Å²) in [5.74, 6) is 0.392. The zero-order chi connectivity index (χ0) is 21.9. The van der Waals surface area contributed by atoms with Crippen LogP contribution in [0.4, 0.5) is 4.79 Å². The Bertz CT molecular complexity index is 877. The molecular formula is C21H29N3O6. The summed E-state index contributed by atoms with van der Waals surface area (Å²) >= 11 is 0. The van der Waals surface area contributed by atoms with Crippen molar-refractivity contribution >= 4 is 17.1 Å². The van der Waals surface area contributed by atoms with Gasteiger partial charge in [0.15, 0.2) is 0 Å². The van der Waals surface area contributed by atoms with E-state index in [9.17, 15) is 15.0 Å². The second-order valence-electron chi connectivity index (χ2n) is 8.35. The van der Waals surface area contributed by atoms with E-state index in [1.54, 1.807) is 45.2 Å². The molecule has 3 heterocycles. The lowest BCUT2D eigenvalue weighted by Gasteiger charge is -2.34. The number of pyridine rings is 2. The Morgan fingerprint density at radius 3 is 2.67 bits per heavy atom. The van der Waals surface area contributed by atoms with E-state index in [0.717, 1.165) is 0 Å². The molecule has 0 spiro atoms. The molecule has 1 amide bonds. The van der Waals surface area contributed by atoms with Gasteiger partial charge in [0.1, 0.15) is 17.8 Å². The number of nitrogens with one attached hydrogen (secondary N) is 1. The predicted molar refractivity (Wildman–Crippen MR) is 109 cm³/mol. The monoisotopic (exact) mass is 419 g/mol. The van der Waals surface area contributed by atoms with Gasteiger partial charge in [0, 0.05) is 17.8 Å². The van der Waals surface area contributed by atoms with E-state index in [2.05, 4.69) is 15.3 Å². The lowest BCUT2D eigenvalue weighted by atomic mass is 9.94. The fourth-order valence-electron chi connectivity index (χ4n) is 3.40. The molecule has 2 aromatic heterocycles. The first-order valence-electron chi connectivity index (χ1n) is 9.95. The number of aromatic nitrogens is 2. The average molecular weight is 419 g/mol. The van der Waals surface area contributed by atoms with E-state index in [-0.39, 0.29) is 12.6 Å². The molecule has 4 atom stereocenters. The van der Waals surface area contributed by atoms with Gasteiger partial charge in [-0.15, -0.1) is 0 Å². The molecule has 30 heavy (non-hydrogen) atoms. The Kier molecular flexibility index (Phi) is 6.74. The van der Waals surface area contributed by atoms with E-state index in [1.807, 2.05) is 0 Å². The van der Waals surface area contributed by atoms with E-state index in [1.165, 1.54) is 7.11 Å². The van der Waals surface area contributed by atoms with Crippen LogP contribution in [-0.4, -0.2) is 63.8 Å². The summed E-state index contributed by atoms with van der Waals surface area (Å²) in [4.78, 5) is 20.5. The van der Waals surface area contributed by atoms with Crippen LogP contribution >= 0.6 is 0 Å². The highest BCUT2D eigenvalue weighted by molar-refractivity contribution is 5.78. The normalized spacial score (nSPS) is 21.7. The van der Waals surface area contributed by atoms with Crippen molar-refractivity contribution in [1.82, 2.24) is 15.3 Å². The maximum atomic E-state index is 11.9. The van der Waals surface area contributed by atoms with Crippen molar-refractivity contribution in [2.24, 2.45) is 0 Å². The molecule has 1 aliphatic rings. The standard InChI is InChI=1S/C21H29N3O6/c1-21(2,3)30-20(27)23-12-5-7-15(29-11-12)19(26)18(25)13-9-10-22-14-6-8-16(28-4)24-17(13)14/h6,8-10,12,15,18-19,25-26H,5,7,11H2,1-4H3,(H,23,27)/t12-,15+,18-,19+/m1/s1. The second-order valence-corrected chi connectivity index (χ2v) is 8.35. The van der Waals surface area contributed by atoms with E-state index in [4.69, 9.17) is 14.2 Å². The molecule has 2 aromatic rings. The third-order valence-electron chi connectivity index (χ3n) is 4.85. The first-order valence-corrected chi connectivity index (χ1v) is 9.95. The highest BCUT2D eigenvalue weighted by atomic mass is 16.6. The van der Waals surface area contributed by atoms with Crippen molar-refractivity contribution in [1.29, 1.82) is 0 Å². The van der Waals surface area contributed by atoms with Gasteiger partial charge in [-0.2, -0.15) is 0 Å². The molecule has 3 N–H and O–H groups in total. The van der Waals surface area contributed by atoms with Crippen molar-refractivity contribution in [3.63, 3.8) is 0 Å². The first kappa shape index (κ1) is 22.2. The van der Waals surface area contributed by atoms with Crippen LogP contribution in [0.2, 0.25) is 0 Å². The molecule has 1 fully saturated rings. The molecular weight excluding hydrogens is 390 g/mol. The molecule has 9 nitrogen and oxygen atoms in total. The minimum absolute atomic E-state index is 0.215. The summed E-state index contributed by atoms with van der Waals surface area (Å²) in [5, 5.41) is 24.3. The minimum Gasteiger partial charge on any atom is -0.481 e. The quantitative estimate of drug-likeness (QED) is 0.673. The highest BCUT2D eigenvalue weighted by Gasteiger charge is 2.34. The van der Waals surface area contributed by atoms with Gasteiger partial charge in [-0.05, 0) is 45.7 Å². The molecule has 0 saturated carbocycles. The molecule has 0 aliphatic carbocycles. The zero-order valence-corrected chi connectivity index (χ0v) is 17.7. The van der Waals surface area contributed by atoms with Gasteiger partial charge in [-0.1, -0.05) is 0 Å². The third-order valence-corrected chi connectivity index (χ3v) is 4.85. The molecule has 0 radical (unpaired) electrons. The number of methoxy groups -OCH3 is 1. The molecule has 1 saturated heterocycles. The van der Waals surface area contributed by atoms with Gasteiger partial charge in [0.05, 0.1) is 36.9 Å². The number of aliphatic hydroxyl groups excluding tert-OH is 2. The third kappa shape index (κ3) is 5.35. The number of aliphatic hydroxyl groups is 2. The molecule has 9 heteroatoms. The summed E-state index contributed by atoms with van der Waals surface area (Å²) in [6, 6.07) is 4.84. The highest BCUT2D eigenvalue weighted by Crippen LogP contribution is 2.29. The van der Waals surface area contributed by atoms with Crippen LogP contribution in [0.3, 0.4) is 0 Å². The van der Waals surface area contributed by atoms with Gasteiger partial charge in [0.2, 0.25) is 5.88 Å². The number of carbonyl (C=O) groups is 1. The Labute approximate surface area is 175 Å². The maximum Gasteiger partial charge on any atom is 0.407 e. The molecule has 0 unspecified atom stereocenters. The van der Waals surface area contributed by atoms with Crippen LogP contribution in [0, 0.1) is 0 Å². The number of alkyl carbamates (subject to hydrolysis) is 1. The average Bonchev–Trinajstić information content (AvgIpc) is 2.71. The largest absolute Gasteiger partial charge is 0.481 e. The number of nitrogens with zero attached hydrogens (tertiary/aromatic N) is 2. The topological polar surface area (TPSA) is 123 Å². The lowest BCUT2D eigenvalue weighted by molar-refractivity contribution is -0.113. The second kappa shape index (κ2) is 9.11. The van der Waals surface area contributed by atoms with E-state index >= 15 is 0 Å². The Morgan fingerprint density at radius 1 is 1.27 bits per heavy atom. The lowest BCUT2D eigenvalue weighted by Crippen LogP contribution is -2.47. The van der Waals surface area contributed by atoms with Crippen LogP contribution in [0.25, 0.3) is 11.0 Å². The van der Waals surface area contributed by atoms with Crippen molar-refractivity contribution in [2.75, 3.05) is 13.7 Å². The summed E-state index contributed by atoms with van der Waals surface area (Å²) in [5.41, 5.74) is 0.922. The van der Waals surface area contributed by atoms with Crippen LogP contribution in [0.5, 0.6) is 5.88 Å². The number of amides is 1. The van der Waals surface area contributed by atoms with Crippen molar-refractivity contribution in [3.05, 3.63) is 30.0 Å². The molecule has 3 rings (SSSR count). The van der Waals surface area contributed by atoms with Gasteiger partial charge in [-0.3, -0.25) is 4.98 Å². The van der Waals surface area contributed by atoms with Gasteiger partial charge < -0.3 is 29.7 Å². The molecule has 0 aromatic carbocycles. The SMILES string of the molecule is COc1ccc2nccc([C@@H](O)[C@@H](O)[C@@H]3CC[C@@H](NC(=O)OC(C)(C)C)CO3)c2n1. The number of carbonyl (C=O) groups excluding carboxylic acids is 1. The zero-order valence-electron chi connectivity index (χ0n) is 17.7. The number of hydrogen-bond acceptors (Lipinski definition) is 8. The first-order chi connectivity index (χ1) is 14.2. The Hall–Kier alpha value is -2.49. The summed E-state index contributed by atoms with van der Waals surface area (Å²) < 4.78 is 16.1. The van der Waals surface area contributed by atoms with E-state index in [0.29, 0.717) is 35.3 Å². The number of hydrogen-bond donors (Lipinski definition) is 3. The van der Waals surface area contributed by atoms with Gasteiger partial charge >= 0.3 is 6.09 Å². The number of rotatable bonds is 5. The van der Waals surface area contributed by atoms with Gasteiger partial charge in [-0.25, -0.2) is 9.78 Å². The van der Waals surface area contributed by atoms with Crippen LogP contribution in [0.15, 0.2) is 24.4 Å². The van der Waals surface area contributed by atoms with Crippen molar-refractivity contribution in [3.8, 4) is 5.88 Å². The summed E-state index contributed by atoms with van der Waals surface area (Å²) in [6.45, 7) is 5.61. The smallest absolute Gasteiger partial charge is 0.407 e. The summed E-state index contributed by atoms with van der Waals surface area (Å²) in [7, 11) is 1.51. The maximum absolute atomic E-state index is 11.9. The van der Waals surface area contributed by atoms with Crippen molar-refractivity contribution in [2.45, 2.75) is 63.6 Å². The van der Waals surface area contributed by atoms with Gasteiger partial charge in [0.25, 0.3) is 0 Å². The van der Waals surface area contributed by atoms with Crippen molar-refractivity contribution < 1.29 is 29.2 Å². The number of fused-ring (bicyclic) bond motifs is 1. The van der Waals surface area contributed by atoms with E-state index < -0.39 is 30.0 Å². The van der Waals surface area contributed by atoms with Crippen LogP contribution < -0.4 is 10.1 Å². The fraction of sp³-hybridized carbons (Fsp3) is 0.571. The number of ether oxygens (including phenoxy) is 3. The molecule has 164 valence electrons. The fourth-order valence-corrected chi connectivity index (χ4v) is 3.40. The molecule has 1 aliphatic heterocycles. The Morgan fingerprint density at radius 2 is 2.03 bits per heavy atom. The Balaban J connectivity index is 1.63. The predicted octanol–water partition coefficient (Wildman–Crippen LogP) is 2.10. The minimum atomic E-state index is -1.21. The van der Waals surface area contributed by atoms with Crippen LogP contribution in [-0.2, 0) is 9.47 Å². The van der Waals surface area contributed by atoms with Crippen LogP contribution in [0.1, 0.15) is 45.3 Å².